The molecule has 0 fully saturated rings. The molecule has 0 saturated carbocycles. The van der Waals surface area contributed by atoms with E-state index in [1.807, 2.05) is 0 Å². The highest BCUT2D eigenvalue weighted by atomic mass is 32.2. The monoisotopic (exact) mass is 354 g/mol. The lowest BCUT2D eigenvalue weighted by Crippen LogP contribution is -2.34. The molecule has 12 heteroatoms. The third kappa shape index (κ3) is 9.61. The summed E-state index contributed by atoms with van der Waals surface area (Å²) < 4.78 is 91.3. The minimum absolute atomic E-state index is 0.789. The van der Waals surface area contributed by atoms with Crippen molar-refractivity contribution in [2.24, 2.45) is 17.8 Å². The first kappa shape index (κ1) is 19.7. The van der Waals surface area contributed by atoms with Gasteiger partial charge in [0.25, 0.3) is 30.4 Å². The standard InChI is InChI=1S/C8H18O9S3/c1-6(3-18(9,10)11)8(5-20(15,16)17)7(2)4-19(12,13)14/h6-8H,3-5H2,1-2H3,(H,9,10,11)(H,12,13,14)(H,15,16,17). The predicted molar refractivity (Wildman–Crippen MR) is 71.1 cm³/mol. The third-order valence-electron chi connectivity index (χ3n) is 2.81. The SMILES string of the molecule is CC(CS(=O)(=O)O)C(CS(=O)(=O)O)C(C)CS(=O)(=O)O. The molecule has 0 spiro atoms. The van der Waals surface area contributed by atoms with E-state index in [0.29, 0.717) is 0 Å². The second-order valence-electron chi connectivity index (χ2n) is 4.86. The van der Waals surface area contributed by atoms with Crippen LogP contribution in [-0.4, -0.2) is 56.2 Å². The maximum Gasteiger partial charge on any atom is 0.265 e. The zero-order chi connectivity index (χ0) is 16.4. The first-order valence-corrected chi connectivity index (χ1v) is 10.3. The second-order valence-corrected chi connectivity index (χ2v) is 9.36. The van der Waals surface area contributed by atoms with E-state index in [2.05, 4.69) is 0 Å². The van der Waals surface area contributed by atoms with Crippen molar-refractivity contribution >= 4 is 30.4 Å². The molecular formula is C8H18O9S3. The number of rotatable bonds is 8. The average Bonchev–Trinajstić information content (AvgIpc) is 2.06. The number of hydrogen-bond acceptors (Lipinski definition) is 6. The molecular weight excluding hydrogens is 336 g/mol. The van der Waals surface area contributed by atoms with Crippen LogP contribution in [0.25, 0.3) is 0 Å². The highest BCUT2D eigenvalue weighted by Crippen LogP contribution is 2.25. The van der Waals surface area contributed by atoms with Gasteiger partial charge in [-0.3, -0.25) is 13.7 Å². The summed E-state index contributed by atoms with van der Waals surface area (Å²) in [5.74, 6) is -5.41. The molecule has 0 aromatic carbocycles. The lowest BCUT2D eigenvalue weighted by Gasteiger charge is -2.27. The largest absolute Gasteiger partial charge is 0.286 e. The van der Waals surface area contributed by atoms with Gasteiger partial charge < -0.3 is 0 Å². The van der Waals surface area contributed by atoms with E-state index < -0.39 is 65.4 Å². The van der Waals surface area contributed by atoms with E-state index >= 15 is 0 Å². The molecule has 0 aliphatic heterocycles. The molecule has 0 rings (SSSR count). The van der Waals surface area contributed by atoms with Crippen LogP contribution in [0.15, 0.2) is 0 Å². The van der Waals surface area contributed by atoms with Crippen molar-refractivity contribution < 1.29 is 38.9 Å². The molecule has 0 saturated heterocycles. The van der Waals surface area contributed by atoms with Crippen LogP contribution in [0.1, 0.15) is 13.8 Å². The highest BCUT2D eigenvalue weighted by Gasteiger charge is 2.32. The molecule has 0 heterocycles. The van der Waals surface area contributed by atoms with Crippen molar-refractivity contribution in [1.82, 2.24) is 0 Å². The van der Waals surface area contributed by atoms with Crippen molar-refractivity contribution in [1.29, 1.82) is 0 Å². The predicted octanol–water partition coefficient (Wildman–Crippen LogP) is -0.462. The molecule has 0 aromatic heterocycles. The van der Waals surface area contributed by atoms with Gasteiger partial charge in [0.1, 0.15) is 0 Å². The molecule has 0 aliphatic carbocycles. The van der Waals surface area contributed by atoms with Gasteiger partial charge in [0.15, 0.2) is 0 Å². The van der Waals surface area contributed by atoms with Gasteiger partial charge in [-0.25, -0.2) is 0 Å². The van der Waals surface area contributed by atoms with Crippen LogP contribution < -0.4 is 0 Å². The fourth-order valence-corrected chi connectivity index (χ4v) is 5.01. The molecule has 2 atom stereocenters. The molecule has 9 nitrogen and oxygen atoms in total. The van der Waals surface area contributed by atoms with Crippen LogP contribution in [0.5, 0.6) is 0 Å². The van der Waals surface area contributed by atoms with Gasteiger partial charge in [0.2, 0.25) is 0 Å². The van der Waals surface area contributed by atoms with Crippen LogP contribution in [0.2, 0.25) is 0 Å². The van der Waals surface area contributed by atoms with Crippen molar-refractivity contribution in [3.8, 4) is 0 Å². The maximum atomic E-state index is 10.9. The molecule has 2 unspecified atom stereocenters. The Balaban J connectivity index is 5.27. The summed E-state index contributed by atoms with van der Waals surface area (Å²) in [6.07, 6.45) is 0. The van der Waals surface area contributed by atoms with Crippen molar-refractivity contribution in [2.45, 2.75) is 13.8 Å². The Morgan fingerprint density at radius 2 is 0.900 bits per heavy atom. The van der Waals surface area contributed by atoms with E-state index in [4.69, 9.17) is 13.7 Å². The first-order valence-electron chi connectivity index (χ1n) is 5.46. The first-order chi connectivity index (χ1) is 8.61. The Labute approximate surface area is 118 Å². The molecule has 0 amide bonds. The smallest absolute Gasteiger partial charge is 0.265 e. The van der Waals surface area contributed by atoms with Gasteiger partial charge in [-0.1, -0.05) is 13.8 Å². The maximum absolute atomic E-state index is 10.9. The summed E-state index contributed by atoms with van der Waals surface area (Å²) in [5, 5.41) is 0. The van der Waals surface area contributed by atoms with E-state index in [-0.39, 0.29) is 0 Å². The van der Waals surface area contributed by atoms with Gasteiger partial charge in [0, 0.05) is 0 Å². The van der Waals surface area contributed by atoms with Crippen molar-refractivity contribution in [3.63, 3.8) is 0 Å². The van der Waals surface area contributed by atoms with E-state index in [1.54, 1.807) is 0 Å². The van der Waals surface area contributed by atoms with Crippen molar-refractivity contribution in [2.75, 3.05) is 17.3 Å². The summed E-state index contributed by atoms with van der Waals surface area (Å²) in [7, 11) is -13.3. The highest BCUT2D eigenvalue weighted by molar-refractivity contribution is 7.86. The fraction of sp³-hybridized carbons (Fsp3) is 1.00. The Kier molecular flexibility index (Phi) is 6.57. The normalized spacial score (nSPS) is 18.4. The lowest BCUT2D eigenvalue weighted by atomic mass is 9.87. The Bertz CT molecular complexity index is 576. The zero-order valence-corrected chi connectivity index (χ0v) is 13.3. The molecule has 0 aromatic rings. The fourth-order valence-electron chi connectivity index (χ4n) is 2.04. The van der Waals surface area contributed by atoms with Gasteiger partial charge in [0.05, 0.1) is 17.3 Å². The summed E-state index contributed by atoms with van der Waals surface area (Å²) in [4.78, 5) is 0. The Morgan fingerprint density at radius 3 is 1.10 bits per heavy atom. The van der Waals surface area contributed by atoms with Crippen LogP contribution in [0, 0.1) is 17.8 Å². The lowest BCUT2D eigenvalue weighted by molar-refractivity contribution is 0.303. The van der Waals surface area contributed by atoms with Gasteiger partial charge >= 0.3 is 0 Å². The summed E-state index contributed by atoms with van der Waals surface area (Å²) >= 11 is 0. The third-order valence-corrected chi connectivity index (χ3v) is 5.51. The van der Waals surface area contributed by atoms with Crippen LogP contribution in [0.4, 0.5) is 0 Å². The van der Waals surface area contributed by atoms with E-state index in [0.717, 1.165) is 0 Å². The molecule has 0 radical (unpaired) electrons. The summed E-state index contributed by atoms with van der Waals surface area (Å²) in [6.45, 7) is 2.59. The molecule has 20 heavy (non-hydrogen) atoms. The van der Waals surface area contributed by atoms with Crippen LogP contribution >= 0.6 is 0 Å². The minimum atomic E-state index is -4.48. The molecule has 0 aliphatic rings. The molecule has 122 valence electrons. The molecule has 0 bridgehead atoms. The van der Waals surface area contributed by atoms with Crippen molar-refractivity contribution in [3.05, 3.63) is 0 Å². The Hall–Kier alpha value is -0.270. The molecule has 3 N–H and O–H groups in total. The van der Waals surface area contributed by atoms with Gasteiger partial charge in [-0.05, 0) is 17.8 Å². The average molecular weight is 354 g/mol. The van der Waals surface area contributed by atoms with E-state index in [9.17, 15) is 25.3 Å². The van der Waals surface area contributed by atoms with E-state index in [1.165, 1.54) is 13.8 Å². The zero-order valence-electron chi connectivity index (χ0n) is 10.9. The van der Waals surface area contributed by atoms with Crippen LogP contribution in [0.3, 0.4) is 0 Å². The number of hydrogen-bond donors (Lipinski definition) is 3. The summed E-state index contributed by atoms with van der Waals surface area (Å²) in [6, 6.07) is 0. The van der Waals surface area contributed by atoms with Gasteiger partial charge in [-0.2, -0.15) is 25.3 Å². The topological polar surface area (TPSA) is 163 Å². The second kappa shape index (κ2) is 6.66. The minimum Gasteiger partial charge on any atom is -0.286 e. The van der Waals surface area contributed by atoms with Gasteiger partial charge in [-0.15, -0.1) is 0 Å². The van der Waals surface area contributed by atoms with Crippen LogP contribution in [-0.2, 0) is 30.4 Å². The quantitative estimate of drug-likeness (QED) is 0.489. The Morgan fingerprint density at radius 1 is 0.650 bits per heavy atom. The summed E-state index contributed by atoms with van der Waals surface area (Å²) in [5.41, 5.74) is 0.